The number of aromatic nitrogens is 3. The number of carbonyl (C=O) groups excluding carboxylic acids is 1. The maximum Gasteiger partial charge on any atom is 0.250 e. The van der Waals surface area contributed by atoms with Crippen molar-refractivity contribution >= 4 is 23.9 Å². The molecule has 194 valence electrons. The lowest BCUT2D eigenvalue weighted by Crippen LogP contribution is -2.20. The molecule has 8 heteroatoms. The van der Waals surface area contributed by atoms with Gasteiger partial charge in [0.25, 0.3) is 5.91 Å². The molecule has 0 bridgehead atoms. The molecule has 7 nitrogen and oxygen atoms in total. The predicted molar refractivity (Wildman–Crippen MR) is 156 cm³/mol. The van der Waals surface area contributed by atoms with Gasteiger partial charge in [-0.15, -0.1) is 10.2 Å². The Kier molecular flexibility index (Phi) is 8.14. The van der Waals surface area contributed by atoms with E-state index in [9.17, 15) is 4.79 Å². The number of hydrazone groups is 1. The third-order valence-electron chi connectivity index (χ3n) is 6.03. The van der Waals surface area contributed by atoms with E-state index in [1.807, 2.05) is 102 Å². The van der Waals surface area contributed by atoms with Crippen molar-refractivity contribution in [2.75, 3.05) is 12.9 Å². The summed E-state index contributed by atoms with van der Waals surface area (Å²) in [6.07, 6.45) is 1.63. The molecule has 0 unspecified atom stereocenters. The Labute approximate surface area is 231 Å². The van der Waals surface area contributed by atoms with Crippen molar-refractivity contribution in [3.05, 3.63) is 114 Å². The van der Waals surface area contributed by atoms with Crippen LogP contribution >= 0.6 is 11.8 Å². The Morgan fingerprint density at radius 2 is 1.54 bits per heavy atom. The molecule has 5 aromatic rings. The highest BCUT2D eigenvalue weighted by Crippen LogP contribution is 2.29. The van der Waals surface area contributed by atoms with Gasteiger partial charge in [-0.25, -0.2) is 5.43 Å². The van der Waals surface area contributed by atoms with Gasteiger partial charge in [-0.2, -0.15) is 5.10 Å². The van der Waals surface area contributed by atoms with Gasteiger partial charge >= 0.3 is 0 Å². The first-order chi connectivity index (χ1) is 19.1. The fraction of sp³-hybridized carbons (Fsp3) is 0.0968. The van der Waals surface area contributed by atoms with Crippen molar-refractivity contribution in [3.8, 4) is 34.0 Å². The van der Waals surface area contributed by atoms with Crippen molar-refractivity contribution in [1.29, 1.82) is 0 Å². The van der Waals surface area contributed by atoms with Gasteiger partial charge in [0.2, 0.25) is 0 Å². The highest BCUT2D eigenvalue weighted by atomic mass is 32.2. The number of rotatable bonds is 9. The van der Waals surface area contributed by atoms with Crippen LogP contribution in [0.3, 0.4) is 0 Å². The molecule has 1 aromatic heterocycles. The highest BCUT2D eigenvalue weighted by Gasteiger charge is 2.17. The Balaban J connectivity index is 1.26. The zero-order valence-electron chi connectivity index (χ0n) is 21.6. The van der Waals surface area contributed by atoms with Crippen LogP contribution in [0.1, 0.15) is 11.1 Å². The van der Waals surface area contributed by atoms with Gasteiger partial charge in [-0.1, -0.05) is 84.1 Å². The summed E-state index contributed by atoms with van der Waals surface area (Å²) in [6.45, 7) is 2.04. The molecule has 0 atom stereocenters. The monoisotopic (exact) mass is 533 g/mol. The molecule has 39 heavy (non-hydrogen) atoms. The minimum atomic E-state index is -0.235. The summed E-state index contributed by atoms with van der Waals surface area (Å²) in [5, 5.41) is 13.6. The Morgan fingerprint density at radius 1 is 0.872 bits per heavy atom. The zero-order chi connectivity index (χ0) is 27.0. The molecule has 1 amide bonds. The first-order valence-electron chi connectivity index (χ1n) is 12.4. The van der Waals surface area contributed by atoms with E-state index in [1.165, 1.54) is 11.8 Å². The lowest BCUT2D eigenvalue weighted by Gasteiger charge is -2.11. The number of methoxy groups -OCH3 is 1. The first-order valence-corrected chi connectivity index (χ1v) is 13.4. The molecular formula is C31H27N5O2S. The number of aryl methyl sites for hydroxylation is 1. The van der Waals surface area contributed by atoms with E-state index in [-0.39, 0.29) is 11.7 Å². The molecular weight excluding hydrogens is 506 g/mol. The van der Waals surface area contributed by atoms with Crippen LogP contribution in [0.25, 0.3) is 28.2 Å². The Hall–Kier alpha value is -4.69. The summed E-state index contributed by atoms with van der Waals surface area (Å²) in [6, 6.07) is 33.9. The van der Waals surface area contributed by atoms with Crippen LogP contribution in [0, 0.1) is 6.92 Å². The largest absolute Gasteiger partial charge is 0.497 e. The van der Waals surface area contributed by atoms with Crippen LogP contribution in [-0.2, 0) is 4.79 Å². The number of carbonyl (C=O) groups is 1. The fourth-order valence-electron chi connectivity index (χ4n) is 3.95. The average molecular weight is 534 g/mol. The van der Waals surface area contributed by atoms with Crippen LogP contribution < -0.4 is 10.2 Å². The number of thioether (sulfide) groups is 1. The second kappa shape index (κ2) is 12.2. The van der Waals surface area contributed by atoms with E-state index < -0.39 is 0 Å². The van der Waals surface area contributed by atoms with Crippen molar-refractivity contribution in [2.45, 2.75) is 12.1 Å². The fourth-order valence-corrected chi connectivity index (χ4v) is 4.69. The second-order valence-corrected chi connectivity index (χ2v) is 9.72. The average Bonchev–Trinajstić information content (AvgIpc) is 3.41. The number of ether oxygens (including phenoxy) is 1. The first kappa shape index (κ1) is 25.9. The van der Waals surface area contributed by atoms with Gasteiger partial charge in [0.05, 0.1) is 19.1 Å². The van der Waals surface area contributed by atoms with Crippen LogP contribution in [0.4, 0.5) is 0 Å². The maximum atomic E-state index is 12.6. The number of nitrogens with zero attached hydrogens (tertiary/aromatic N) is 4. The summed E-state index contributed by atoms with van der Waals surface area (Å²) in [5.74, 6) is 1.35. The van der Waals surface area contributed by atoms with E-state index >= 15 is 0 Å². The van der Waals surface area contributed by atoms with Crippen LogP contribution in [-0.4, -0.2) is 39.7 Å². The van der Waals surface area contributed by atoms with Gasteiger partial charge in [0, 0.05) is 11.3 Å². The minimum absolute atomic E-state index is 0.136. The number of benzene rings is 4. The van der Waals surface area contributed by atoms with E-state index in [0.717, 1.165) is 39.3 Å². The van der Waals surface area contributed by atoms with Gasteiger partial charge in [-0.3, -0.25) is 9.36 Å². The van der Waals surface area contributed by atoms with Gasteiger partial charge in [0.15, 0.2) is 11.0 Å². The van der Waals surface area contributed by atoms with Gasteiger partial charge in [0.1, 0.15) is 5.75 Å². The molecule has 0 aliphatic carbocycles. The van der Waals surface area contributed by atoms with Crippen LogP contribution in [0.15, 0.2) is 113 Å². The smallest absolute Gasteiger partial charge is 0.250 e. The van der Waals surface area contributed by atoms with E-state index in [2.05, 4.69) is 32.9 Å². The maximum absolute atomic E-state index is 12.6. The molecule has 0 spiro atoms. The normalized spacial score (nSPS) is 11.0. The third-order valence-corrected chi connectivity index (χ3v) is 6.96. The van der Waals surface area contributed by atoms with Crippen molar-refractivity contribution in [3.63, 3.8) is 0 Å². The summed E-state index contributed by atoms with van der Waals surface area (Å²) in [7, 11) is 1.63. The standard InChI is InChI=1S/C31H27N5O2S/c1-22-8-16-27(17-9-22)36-30(26-14-18-28(38-2)19-15-26)34-35-31(36)39-21-29(37)33-32-20-23-10-12-25(13-11-23)24-6-4-3-5-7-24/h3-20H,21H2,1-2H3,(H,33,37). The summed E-state index contributed by atoms with van der Waals surface area (Å²) >= 11 is 1.30. The molecule has 0 aliphatic heterocycles. The number of amides is 1. The molecule has 0 aliphatic rings. The van der Waals surface area contributed by atoms with Gasteiger partial charge < -0.3 is 4.74 Å². The SMILES string of the molecule is COc1ccc(-c2nnc(SCC(=O)NN=Cc3ccc(-c4ccccc4)cc3)n2-c2ccc(C)cc2)cc1. The molecule has 0 radical (unpaired) electrons. The topological polar surface area (TPSA) is 81.4 Å². The van der Waals surface area contributed by atoms with Crippen molar-refractivity contribution in [2.24, 2.45) is 5.10 Å². The predicted octanol–water partition coefficient (Wildman–Crippen LogP) is 6.16. The Morgan fingerprint density at radius 3 is 2.23 bits per heavy atom. The van der Waals surface area contributed by atoms with Crippen molar-refractivity contribution in [1.82, 2.24) is 20.2 Å². The quantitative estimate of drug-likeness (QED) is 0.139. The van der Waals surface area contributed by atoms with E-state index in [4.69, 9.17) is 4.74 Å². The van der Waals surface area contributed by atoms with Crippen LogP contribution in [0.2, 0.25) is 0 Å². The summed E-state index contributed by atoms with van der Waals surface area (Å²) in [5.41, 5.74) is 8.73. The lowest BCUT2D eigenvalue weighted by atomic mass is 10.0. The van der Waals surface area contributed by atoms with E-state index in [0.29, 0.717) is 11.0 Å². The van der Waals surface area contributed by atoms with Crippen LogP contribution in [0.5, 0.6) is 5.75 Å². The Bertz CT molecular complexity index is 1560. The molecule has 0 saturated carbocycles. The number of hydrogen-bond acceptors (Lipinski definition) is 6. The molecule has 1 heterocycles. The zero-order valence-corrected chi connectivity index (χ0v) is 22.4. The van der Waals surface area contributed by atoms with E-state index in [1.54, 1.807) is 13.3 Å². The van der Waals surface area contributed by atoms with Crippen molar-refractivity contribution < 1.29 is 9.53 Å². The minimum Gasteiger partial charge on any atom is -0.497 e. The second-order valence-electron chi connectivity index (χ2n) is 8.78. The number of nitrogens with one attached hydrogen (secondary N) is 1. The number of hydrogen-bond donors (Lipinski definition) is 1. The summed E-state index contributed by atoms with van der Waals surface area (Å²) in [4.78, 5) is 12.6. The molecule has 4 aromatic carbocycles. The lowest BCUT2D eigenvalue weighted by molar-refractivity contribution is -0.118. The molecule has 5 rings (SSSR count). The summed E-state index contributed by atoms with van der Waals surface area (Å²) < 4.78 is 7.24. The van der Waals surface area contributed by atoms with Gasteiger partial charge in [-0.05, 0) is 60.0 Å². The highest BCUT2D eigenvalue weighted by molar-refractivity contribution is 7.99. The molecule has 0 fully saturated rings. The molecule has 1 N–H and O–H groups in total. The molecule has 0 saturated heterocycles. The third kappa shape index (κ3) is 6.42.